The summed E-state index contributed by atoms with van der Waals surface area (Å²) >= 11 is 0. The van der Waals surface area contributed by atoms with Crippen LogP contribution in [0.25, 0.3) is 10.9 Å². The summed E-state index contributed by atoms with van der Waals surface area (Å²) in [6, 6.07) is 8.32. The molecule has 0 aliphatic heterocycles. The van der Waals surface area contributed by atoms with Gasteiger partial charge in [0.2, 0.25) is 6.20 Å². The van der Waals surface area contributed by atoms with Gasteiger partial charge < -0.3 is 5.11 Å². The Hall–Kier alpha value is -1.77. The van der Waals surface area contributed by atoms with E-state index in [1.807, 2.05) is 6.07 Å². The Morgan fingerprint density at radius 1 is 1.17 bits per heavy atom. The zero-order valence-electron chi connectivity index (χ0n) is 6.31. The van der Waals surface area contributed by atoms with Gasteiger partial charge in [0, 0.05) is 16.9 Å². The summed E-state index contributed by atoms with van der Waals surface area (Å²) in [5, 5.41) is 19.2. The van der Waals surface area contributed by atoms with Crippen LogP contribution in [0.1, 0.15) is 0 Å². The van der Waals surface area contributed by atoms with Gasteiger partial charge in [-0.15, -0.1) is 0 Å². The van der Waals surface area contributed by atoms with Crippen LogP contribution in [0, 0.1) is 0 Å². The first-order chi connectivity index (χ1) is 5.77. The number of rotatable bonds is 0. The smallest absolute Gasteiger partial charge is 0.264 e. The molecule has 0 unspecified atom stereocenters. The molecule has 0 aliphatic carbocycles. The third kappa shape index (κ3) is 0.955. The molecule has 0 bridgehead atoms. The molecule has 3 nitrogen and oxygen atoms in total. The number of nitrogens with zero attached hydrogens (tertiary/aromatic N) is 1. The maximum Gasteiger partial charge on any atom is 0.264 e. The number of hydrogen-bond donors (Lipinski definition) is 2. The molecule has 2 N–H and O–H groups in total. The highest BCUT2D eigenvalue weighted by molar-refractivity contribution is 5.76. The van der Waals surface area contributed by atoms with Crippen molar-refractivity contribution < 1.29 is 15.0 Å². The summed E-state index contributed by atoms with van der Waals surface area (Å²) in [5.41, 5.74) is 0.676. The van der Waals surface area contributed by atoms with E-state index in [1.165, 1.54) is 6.07 Å². The largest absolute Gasteiger partial charge is 0.508 e. The average Bonchev–Trinajstić information content (AvgIpc) is 2.04. The van der Waals surface area contributed by atoms with Crippen LogP contribution >= 0.6 is 0 Å². The summed E-state index contributed by atoms with van der Waals surface area (Å²) in [6.07, 6.45) is 1.54. The number of phenolic OH excluding ortho intramolecular Hbond substituents is 1. The Labute approximate surface area is 69.1 Å². The Kier molecular flexibility index (Phi) is 1.37. The molecule has 12 heavy (non-hydrogen) atoms. The van der Waals surface area contributed by atoms with E-state index in [0.29, 0.717) is 5.52 Å². The summed E-state index contributed by atoms with van der Waals surface area (Å²) in [6.45, 7) is 0. The summed E-state index contributed by atoms with van der Waals surface area (Å²) in [4.78, 5) is 0. The van der Waals surface area contributed by atoms with E-state index in [4.69, 9.17) is 5.11 Å². The van der Waals surface area contributed by atoms with E-state index in [2.05, 4.69) is 0 Å². The molecule has 2 aromatic rings. The number of phenols is 1. The van der Waals surface area contributed by atoms with Crippen molar-refractivity contribution in [2.24, 2.45) is 0 Å². The van der Waals surface area contributed by atoms with E-state index in [1.54, 1.807) is 24.4 Å². The standard InChI is InChI=1S/C9H7NO2/c11-8-3-4-9-7(6-8)2-1-5-10(9)12/h1-6H,(H-,11,12)/p+1. The number of aromatic nitrogens is 1. The highest BCUT2D eigenvalue weighted by Gasteiger charge is 2.05. The van der Waals surface area contributed by atoms with Crippen LogP contribution in [0.2, 0.25) is 0 Å². The molecular formula is C9H8NO2+. The average molecular weight is 162 g/mol. The predicted octanol–water partition coefficient (Wildman–Crippen LogP) is 1.07. The fourth-order valence-corrected chi connectivity index (χ4v) is 1.19. The van der Waals surface area contributed by atoms with Crippen LogP contribution in [0.4, 0.5) is 0 Å². The Morgan fingerprint density at radius 3 is 2.83 bits per heavy atom. The lowest BCUT2D eigenvalue weighted by molar-refractivity contribution is -0.884. The molecule has 1 heterocycles. The van der Waals surface area contributed by atoms with Gasteiger partial charge in [0.05, 0.1) is 5.39 Å². The second-order valence-corrected chi connectivity index (χ2v) is 2.60. The van der Waals surface area contributed by atoms with E-state index < -0.39 is 0 Å². The highest BCUT2D eigenvalue weighted by Crippen LogP contribution is 2.15. The third-order valence-corrected chi connectivity index (χ3v) is 1.76. The topological polar surface area (TPSA) is 44.3 Å². The zero-order chi connectivity index (χ0) is 8.55. The molecule has 3 heteroatoms. The van der Waals surface area contributed by atoms with Gasteiger partial charge in [-0.05, 0) is 18.2 Å². The maximum absolute atomic E-state index is 9.30. The van der Waals surface area contributed by atoms with Gasteiger partial charge in [-0.3, -0.25) is 5.21 Å². The van der Waals surface area contributed by atoms with Crippen LogP contribution in [0.15, 0.2) is 36.5 Å². The first kappa shape index (κ1) is 6.91. The third-order valence-electron chi connectivity index (χ3n) is 1.76. The van der Waals surface area contributed by atoms with Crippen LogP contribution in [0.3, 0.4) is 0 Å². The van der Waals surface area contributed by atoms with Gasteiger partial charge in [-0.2, -0.15) is 0 Å². The van der Waals surface area contributed by atoms with Crippen molar-refractivity contribution in [2.45, 2.75) is 0 Å². The maximum atomic E-state index is 9.30. The van der Waals surface area contributed by atoms with Crippen molar-refractivity contribution in [1.29, 1.82) is 0 Å². The SMILES string of the molecule is Oc1ccc2c(ccc[n+]2O)c1. The molecule has 0 aliphatic rings. The molecule has 60 valence electrons. The lowest BCUT2D eigenvalue weighted by atomic mass is 10.2. The molecule has 1 aromatic heterocycles. The molecule has 0 spiro atoms. The normalized spacial score (nSPS) is 10.3. The van der Waals surface area contributed by atoms with Gasteiger partial charge in [-0.1, -0.05) is 0 Å². The zero-order valence-corrected chi connectivity index (χ0v) is 6.31. The first-order valence-electron chi connectivity index (χ1n) is 3.60. The van der Waals surface area contributed by atoms with Gasteiger partial charge in [0.15, 0.2) is 0 Å². The lowest BCUT2D eigenvalue weighted by Gasteiger charge is -1.93. The van der Waals surface area contributed by atoms with Crippen LogP contribution in [-0.2, 0) is 0 Å². The Balaban J connectivity index is 2.86. The van der Waals surface area contributed by atoms with E-state index >= 15 is 0 Å². The molecule has 0 atom stereocenters. The van der Waals surface area contributed by atoms with E-state index in [-0.39, 0.29) is 5.75 Å². The van der Waals surface area contributed by atoms with Gasteiger partial charge in [-0.25, -0.2) is 0 Å². The second kappa shape index (κ2) is 2.37. The minimum Gasteiger partial charge on any atom is -0.508 e. The lowest BCUT2D eigenvalue weighted by Crippen LogP contribution is -2.29. The summed E-state index contributed by atoms with van der Waals surface area (Å²) in [7, 11) is 0. The molecule has 2 rings (SSSR count). The van der Waals surface area contributed by atoms with E-state index in [9.17, 15) is 5.21 Å². The minimum absolute atomic E-state index is 0.203. The fraction of sp³-hybridized carbons (Fsp3) is 0. The van der Waals surface area contributed by atoms with Crippen molar-refractivity contribution in [1.82, 2.24) is 0 Å². The van der Waals surface area contributed by atoms with Crippen molar-refractivity contribution in [2.75, 3.05) is 0 Å². The minimum atomic E-state index is 0.203. The predicted molar refractivity (Wildman–Crippen MR) is 43.0 cm³/mol. The number of hydrogen-bond acceptors (Lipinski definition) is 2. The van der Waals surface area contributed by atoms with Crippen LogP contribution in [-0.4, -0.2) is 10.3 Å². The van der Waals surface area contributed by atoms with Crippen molar-refractivity contribution in [3.8, 4) is 5.75 Å². The van der Waals surface area contributed by atoms with E-state index in [0.717, 1.165) is 10.1 Å². The van der Waals surface area contributed by atoms with Crippen molar-refractivity contribution >= 4 is 10.9 Å². The fourth-order valence-electron chi connectivity index (χ4n) is 1.19. The van der Waals surface area contributed by atoms with Gasteiger partial charge in [0.1, 0.15) is 5.75 Å². The van der Waals surface area contributed by atoms with Crippen LogP contribution in [0.5, 0.6) is 5.75 Å². The van der Waals surface area contributed by atoms with Gasteiger partial charge in [0.25, 0.3) is 5.52 Å². The molecular weight excluding hydrogens is 154 g/mol. The van der Waals surface area contributed by atoms with Crippen molar-refractivity contribution in [3.05, 3.63) is 36.5 Å². The second-order valence-electron chi connectivity index (χ2n) is 2.60. The van der Waals surface area contributed by atoms with Crippen LogP contribution < -0.4 is 4.73 Å². The highest BCUT2D eigenvalue weighted by atomic mass is 16.5. The molecule has 0 fully saturated rings. The Morgan fingerprint density at radius 2 is 2.00 bits per heavy atom. The number of fused-ring (bicyclic) bond motifs is 1. The molecule has 0 radical (unpaired) electrons. The molecule has 0 amide bonds. The monoisotopic (exact) mass is 162 g/mol. The quantitative estimate of drug-likeness (QED) is 0.449. The molecule has 1 aromatic carbocycles. The molecule has 0 saturated carbocycles. The Bertz CT molecular complexity index is 426. The summed E-state index contributed by atoms with van der Waals surface area (Å²) < 4.78 is 1.02. The number of benzene rings is 1. The number of aromatic hydroxyl groups is 1. The number of pyridine rings is 1. The van der Waals surface area contributed by atoms with Crippen molar-refractivity contribution in [3.63, 3.8) is 0 Å². The first-order valence-corrected chi connectivity index (χ1v) is 3.60. The molecule has 0 saturated heterocycles. The van der Waals surface area contributed by atoms with Gasteiger partial charge >= 0.3 is 0 Å². The summed E-state index contributed by atoms with van der Waals surface area (Å²) in [5.74, 6) is 0.203.